The second kappa shape index (κ2) is 5.87. The number of benzene rings is 1. The van der Waals surface area contributed by atoms with E-state index in [0.717, 1.165) is 12.1 Å². The van der Waals surface area contributed by atoms with Crippen molar-refractivity contribution in [1.29, 1.82) is 0 Å². The standard InChI is InChI=1S/C9H9ClF3NO3S/c10-6-2-1-5(11)3-8(6)18(16,17)14-4-7(15)9(12)13/h1-3,7,9,14-15H,4H2. The summed E-state index contributed by atoms with van der Waals surface area (Å²) in [6.07, 6.45) is -5.23. The number of halogens is 4. The zero-order valence-corrected chi connectivity index (χ0v) is 10.4. The molecular formula is C9H9ClF3NO3S. The lowest BCUT2D eigenvalue weighted by Gasteiger charge is -2.12. The lowest BCUT2D eigenvalue weighted by molar-refractivity contribution is -0.000452. The van der Waals surface area contributed by atoms with Gasteiger partial charge in [-0.25, -0.2) is 26.3 Å². The largest absolute Gasteiger partial charge is 0.386 e. The molecule has 0 saturated carbocycles. The Bertz CT molecular complexity index is 524. The number of rotatable bonds is 5. The van der Waals surface area contributed by atoms with E-state index in [4.69, 9.17) is 16.7 Å². The van der Waals surface area contributed by atoms with Crippen molar-refractivity contribution in [2.24, 2.45) is 0 Å². The fourth-order valence-electron chi connectivity index (χ4n) is 1.05. The van der Waals surface area contributed by atoms with Gasteiger partial charge in [0.25, 0.3) is 6.43 Å². The molecule has 1 rings (SSSR count). The average Bonchev–Trinajstić information content (AvgIpc) is 2.29. The molecule has 1 aromatic rings. The van der Waals surface area contributed by atoms with Crippen molar-refractivity contribution in [2.45, 2.75) is 17.4 Å². The van der Waals surface area contributed by atoms with Gasteiger partial charge in [0, 0.05) is 6.54 Å². The molecule has 18 heavy (non-hydrogen) atoms. The summed E-state index contributed by atoms with van der Waals surface area (Å²) in [6, 6.07) is 2.63. The molecule has 0 aliphatic rings. The smallest absolute Gasteiger partial charge is 0.265 e. The van der Waals surface area contributed by atoms with Crippen molar-refractivity contribution in [3.05, 3.63) is 29.0 Å². The molecule has 0 saturated heterocycles. The molecule has 4 nitrogen and oxygen atoms in total. The monoisotopic (exact) mass is 303 g/mol. The highest BCUT2D eigenvalue weighted by Crippen LogP contribution is 2.21. The topological polar surface area (TPSA) is 66.4 Å². The highest BCUT2D eigenvalue weighted by atomic mass is 35.5. The molecule has 1 aromatic carbocycles. The molecule has 2 N–H and O–H groups in total. The van der Waals surface area contributed by atoms with Gasteiger partial charge in [-0.2, -0.15) is 0 Å². The number of alkyl halides is 2. The summed E-state index contributed by atoms with van der Waals surface area (Å²) >= 11 is 5.56. The quantitative estimate of drug-likeness (QED) is 0.864. The van der Waals surface area contributed by atoms with Crippen LogP contribution in [0, 0.1) is 5.82 Å². The van der Waals surface area contributed by atoms with Gasteiger partial charge in [0.05, 0.1) is 5.02 Å². The molecule has 0 aliphatic carbocycles. The predicted molar refractivity (Wildman–Crippen MR) is 58.6 cm³/mol. The molecule has 9 heteroatoms. The van der Waals surface area contributed by atoms with Gasteiger partial charge in [0.2, 0.25) is 10.0 Å². The Hall–Kier alpha value is -0.830. The Morgan fingerprint density at radius 1 is 1.39 bits per heavy atom. The van der Waals surface area contributed by atoms with Gasteiger partial charge < -0.3 is 5.11 Å². The minimum Gasteiger partial charge on any atom is -0.386 e. The van der Waals surface area contributed by atoms with Crippen molar-refractivity contribution in [1.82, 2.24) is 4.72 Å². The van der Waals surface area contributed by atoms with Crippen molar-refractivity contribution >= 4 is 21.6 Å². The number of nitrogens with one attached hydrogen (secondary N) is 1. The van der Waals surface area contributed by atoms with E-state index in [1.807, 2.05) is 0 Å². The highest BCUT2D eigenvalue weighted by molar-refractivity contribution is 7.89. The van der Waals surface area contributed by atoms with E-state index in [1.165, 1.54) is 0 Å². The molecule has 1 atom stereocenters. The van der Waals surface area contributed by atoms with Crippen LogP contribution in [0.25, 0.3) is 0 Å². The van der Waals surface area contributed by atoms with E-state index in [9.17, 15) is 21.6 Å². The SMILES string of the molecule is O=S(=O)(NCC(O)C(F)F)c1cc(F)ccc1Cl. The first-order valence-corrected chi connectivity index (χ1v) is 6.51. The molecule has 0 radical (unpaired) electrons. The summed E-state index contributed by atoms with van der Waals surface area (Å²) in [5.74, 6) is -0.839. The van der Waals surface area contributed by atoms with Crippen molar-refractivity contribution in [2.75, 3.05) is 6.54 Å². The van der Waals surface area contributed by atoms with Crippen molar-refractivity contribution in [3.63, 3.8) is 0 Å². The molecule has 0 aromatic heterocycles. The number of aliphatic hydroxyl groups is 1. The zero-order chi connectivity index (χ0) is 13.9. The van der Waals surface area contributed by atoms with Gasteiger partial charge in [-0.15, -0.1) is 0 Å². The van der Waals surface area contributed by atoms with Gasteiger partial charge in [-0.1, -0.05) is 11.6 Å². The van der Waals surface area contributed by atoms with Crippen LogP contribution < -0.4 is 4.72 Å². The fourth-order valence-corrected chi connectivity index (χ4v) is 2.61. The van der Waals surface area contributed by atoms with Crippen LogP contribution in [0.1, 0.15) is 0 Å². The van der Waals surface area contributed by atoms with Gasteiger partial charge in [0.15, 0.2) is 0 Å². The maximum absolute atomic E-state index is 12.9. The van der Waals surface area contributed by atoms with Crippen LogP contribution in [0.15, 0.2) is 23.1 Å². The number of sulfonamides is 1. The van der Waals surface area contributed by atoms with Crippen LogP contribution in [0.3, 0.4) is 0 Å². The van der Waals surface area contributed by atoms with E-state index in [2.05, 4.69) is 0 Å². The fraction of sp³-hybridized carbons (Fsp3) is 0.333. The Labute approximate surface area is 106 Å². The minimum atomic E-state index is -4.26. The predicted octanol–water partition coefficient (Wildman–Crippen LogP) is 1.38. The van der Waals surface area contributed by atoms with E-state index < -0.39 is 39.8 Å². The van der Waals surface area contributed by atoms with E-state index in [1.54, 1.807) is 4.72 Å². The highest BCUT2D eigenvalue weighted by Gasteiger charge is 2.23. The normalized spacial score (nSPS) is 13.9. The zero-order valence-electron chi connectivity index (χ0n) is 8.78. The Morgan fingerprint density at radius 3 is 2.56 bits per heavy atom. The Morgan fingerprint density at radius 2 is 2.00 bits per heavy atom. The molecule has 1 unspecified atom stereocenters. The minimum absolute atomic E-state index is 0.254. The van der Waals surface area contributed by atoms with Gasteiger partial charge in [-0.05, 0) is 18.2 Å². The second-order valence-corrected chi connectivity index (χ2v) is 5.47. The summed E-state index contributed by atoms with van der Waals surface area (Å²) in [5, 5.41) is 8.52. The first-order chi connectivity index (χ1) is 8.24. The molecule has 102 valence electrons. The molecule has 0 bridgehead atoms. The second-order valence-electron chi connectivity index (χ2n) is 3.33. The molecule has 0 amide bonds. The summed E-state index contributed by atoms with van der Waals surface area (Å²) in [7, 11) is -4.26. The molecule has 0 spiro atoms. The van der Waals surface area contributed by atoms with Crippen LogP contribution in [0.5, 0.6) is 0 Å². The molecule has 0 aliphatic heterocycles. The summed E-state index contributed by atoms with van der Waals surface area (Å²) in [4.78, 5) is -0.578. The van der Waals surface area contributed by atoms with Crippen LogP contribution >= 0.6 is 11.6 Å². The first kappa shape index (κ1) is 15.2. The Balaban J connectivity index is 2.90. The van der Waals surface area contributed by atoms with Gasteiger partial charge in [0.1, 0.15) is 16.8 Å². The van der Waals surface area contributed by atoms with Crippen LogP contribution in [0.2, 0.25) is 5.02 Å². The van der Waals surface area contributed by atoms with Crippen molar-refractivity contribution < 1.29 is 26.7 Å². The summed E-state index contributed by atoms with van der Waals surface area (Å²) < 4.78 is 61.8. The summed E-state index contributed by atoms with van der Waals surface area (Å²) in [6.45, 7) is -0.896. The lowest BCUT2D eigenvalue weighted by Crippen LogP contribution is -2.35. The van der Waals surface area contributed by atoms with E-state index >= 15 is 0 Å². The molecular weight excluding hydrogens is 295 g/mol. The van der Waals surface area contributed by atoms with Crippen LogP contribution in [-0.2, 0) is 10.0 Å². The van der Waals surface area contributed by atoms with Crippen molar-refractivity contribution in [3.8, 4) is 0 Å². The van der Waals surface area contributed by atoms with Crippen LogP contribution in [0.4, 0.5) is 13.2 Å². The Kier molecular flexibility index (Phi) is 4.97. The van der Waals surface area contributed by atoms with E-state index in [-0.39, 0.29) is 5.02 Å². The third kappa shape index (κ3) is 3.84. The number of hydrogen-bond donors (Lipinski definition) is 2. The maximum Gasteiger partial charge on any atom is 0.265 e. The number of aliphatic hydroxyl groups excluding tert-OH is 1. The third-order valence-electron chi connectivity index (χ3n) is 1.96. The van der Waals surface area contributed by atoms with Crippen LogP contribution in [-0.4, -0.2) is 32.6 Å². The average molecular weight is 304 g/mol. The molecule has 0 heterocycles. The third-order valence-corrected chi connectivity index (χ3v) is 3.86. The number of hydrogen-bond acceptors (Lipinski definition) is 3. The van der Waals surface area contributed by atoms with E-state index in [0.29, 0.717) is 6.07 Å². The lowest BCUT2D eigenvalue weighted by atomic mass is 10.3. The van der Waals surface area contributed by atoms with Gasteiger partial charge in [-0.3, -0.25) is 0 Å². The summed E-state index contributed by atoms with van der Waals surface area (Å²) in [5.41, 5.74) is 0. The molecule has 0 fully saturated rings. The van der Waals surface area contributed by atoms with Gasteiger partial charge >= 0.3 is 0 Å². The first-order valence-electron chi connectivity index (χ1n) is 4.65. The maximum atomic E-state index is 12.9.